The lowest BCUT2D eigenvalue weighted by atomic mass is 10.1. The molecule has 0 saturated carbocycles. The molecule has 0 bridgehead atoms. The van der Waals surface area contributed by atoms with Crippen LogP contribution in [-0.2, 0) is 17.5 Å². The van der Waals surface area contributed by atoms with E-state index in [1.54, 1.807) is 6.92 Å². The van der Waals surface area contributed by atoms with Crippen LogP contribution < -0.4 is 4.72 Å². The second-order valence-electron chi connectivity index (χ2n) is 6.26. The van der Waals surface area contributed by atoms with E-state index in [0.717, 1.165) is 12.3 Å². The van der Waals surface area contributed by atoms with Gasteiger partial charge in [0.15, 0.2) is 5.76 Å². The van der Waals surface area contributed by atoms with E-state index in [2.05, 4.69) is 14.9 Å². The van der Waals surface area contributed by atoms with E-state index in [1.807, 2.05) is 20.8 Å². The molecule has 5 nitrogen and oxygen atoms in total. The quantitative estimate of drug-likeness (QED) is 0.837. The summed E-state index contributed by atoms with van der Waals surface area (Å²) in [4.78, 5) is 3.31. The number of nitrogens with zero attached hydrogens (tertiary/aromatic N) is 2. The smallest absolute Gasteiger partial charge is 0.433 e. The molecule has 0 spiro atoms. The fourth-order valence-electron chi connectivity index (χ4n) is 1.77. The number of aromatic nitrogens is 2. The van der Waals surface area contributed by atoms with Crippen molar-refractivity contribution in [1.29, 1.82) is 0 Å². The molecule has 132 valence electrons. The predicted octanol–water partition coefficient (Wildman–Crippen LogP) is 3.87. The fraction of sp³-hybridized carbons (Fsp3) is 0.467. The third kappa shape index (κ3) is 4.49. The molecule has 24 heavy (non-hydrogen) atoms. The molecule has 0 saturated heterocycles. The molecule has 0 fully saturated rings. The summed E-state index contributed by atoms with van der Waals surface area (Å²) in [5, 5.41) is 3.79. The Balaban J connectivity index is 2.19. The first kappa shape index (κ1) is 18.8. The van der Waals surface area contributed by atoms with Gasteiger partial charge in [-0.05, 0) is 39.8 Å². The van der Waals surface area contributed by atoms with Crippen LogP contribution in [0, 0.1) is 0 Å². The van der Waals surface area contributed by atoms with Crippen LogP contribution in [0.1, 0.15) is 45.2 Å². The largest absolute Gasteiger partial charge is 0.598 e. The second kappa shape index (κ2) is 6.73. The van der Waals surface area contributed by atoms with Crippen LogP contribution in [0.25, 0.3) is 11.3 Å². The Morgan fingerprint density at radius 2 is 1.92 bits per heavy atom. The van der Waals surface area contributed by atoms with Crippen molar-refractivity contribution in [2.45, 2.75) is 44.7 Å². The minimum atomic E-state index is -4.53. The first-order valence-corrected chi connectivity index (χ1v) is 8.32. The summed E-state index contributed by atoms with van der Waals surface area (Å²) in [6.07, 6.45) is -3.45. The minimum absolute atomic E-state index is 0.247. The van der Waals surface area contributed by atoms with Gasteiger partial charge in [-0.2, -0.15) is 13.2 Å². The Morgan fingerprint density at radius 3 is 2.50 bits per heavy atom. The van der Waals surface area contributed by atoms with E-state index >= 15 is 0 Å². The monoisotopic (exact) mass is 361 g/mol. The Hall–Kier alpha value is -1.58. The third-order valence-electron chi connectivity index (χ3n) is 3.14. The molecule has 9 heteroatoms. The highest BCUT2D eigenvalue weighted by Gasteiger charge is 2.33. The summed E-state index contributed by atoms with van der Waals surface area (Å²) in [5.41, 5.74) is -0.492. The van der Waals surface area contributed by atoms with Crippen LogP contribution in [-0.4, -0.2) is 19.4 Å². The van der Waals surface area contributed by atoms with Crippen molar-refractivity contribution >= 4 is 11.4 Å². The van der Waals surface area contributed by atoms with Crippen molar-refractivity contribution in [1.82, 2.24) is 14.9 Å². The standard InChI is InChI=1S/C15H18F3N3O2S/c1-9(21-24(22)14(2,3)4)12-8-11(20-23-12)10-5-6-19-13(7-10)15(16,17)18/h5-9,21H,1-4H3/t9?,24-/m0/s1. The van der Waals surface area contributed by atoms with Crippen molar-refractivity contribution in [2.24, 2.45) is 0 Å². The SMILES string of the molecule is CC(N[S@@+]([O-])C(C)(C)C)c1cc(-c2ccnc(C(F)(F)F)c2)no1. The van der Waals surface area contributed by atoms with Crippen LogP contribution in [0.3, 0.4) is 0 Å². The first-order valence-electron chi connectivity index (χ1n) is 7.17. The zero-order valence-electron chi connectivity index (χ0n) is 13.6. The van der Waals surface area contributed by atoms with Crippen LogP contribution in [0.4, 0.5) is 13.2 Å². The fourth-order valence-corrected chi connectivity index (χ4v) is 2.56. The molecular formula is C15H18F3N3O2S. The van der Waals surface area contributed by atoms with Crippen LogP contribution in [0.5, 0.6) is 0 Å². The number of alkyl halides is 3. The Labute approximate surface area is 141 Å². The molecule has 1 unspecified atom stereocenters. The van der Waals surface area contributed by atoms with Crippen LogP contribution in [0.15, 0.2) is 28.9 Å². The molecule has 2 atom stereocenters. The Bertz CT molecular complexity index is 698. The zero-order valence-corrected chi connectivity index (χ0v) is 14.5. The highest BCUT2D eigenvalue weighted by Crippen LogP contribution is 2.31. The predicted molar refractivity (Wildman–Crippen MR) is 84.2 cm³/mol. The van der Waals surface area contributed by atoms with Crippen molar-refractivity contribution < 1.29 is 22.2 Å². The van der Waals surface area contributed by atoms with Gasteiger partial charge in [-0.1, -0.05) is 5.16 Å². The third-order valence-corrected chi connectivity index (χ3v) is 4.82. The molecule has 2 aromatic heterocycles. The highest BCUT2D eigenvalue weighted by molar-refractivity contribution is 7.90. The molecule has 0 aliphatic heterocycles. The van der Waals surface area contributed by atoms with Crippen molar-refractivity contribution in [3.05, 3.63) is 35.9 Å². The number of nitrogens with one attached hydrogen (secondary N) is 1. The molecule has 2 aromatic rings. The number of pyridine rings is 1. The van der Waals surface area contributed by atoms with Gasteiger partial charge in [0.2, 0.25) is 0 Å². The average Bonchev–Trinajstić information content (AvgIpc) is 2.95. The van der Waals surface area contributed by atoms with Gasteiger partial charge >= 0.3 is 6.18 Å². The van der Waals surface area contributed by atoms with E-state index in [-0.39, 0.29) is 11.3 Å². The van der Waals surface area contributed by atoms with Crippen molar-refractivity contribution in [3.63, 3.8) is 0 Å². The van der Waals surface area contributed by atoms with Crippen molar-refractivity contribution in [3.8, 4) is 11.3 Å². The Morgan fingerprint density at radius 1 is 1.25 bits per heavy atom. The summed E-state index contributed by atoms with van der Waals surface area (Å²) >= 11 is -1.32. The summed E-state index contributed by atoms with van der Waals surface area (Å²) in [5.74, 6) is 0.382. The lowest BCUT2D eigenvalue weighted by molar-refractivity contribution is -0.141. The van der Waals surface area contributed by atoms with Gasteiger partial charge in [0, 0.05) is 29.2 Å². The maximum Gasteiger partial charge on any atom is 0.433 e. The normalized spacial score (nSPS) is 15.3. The summed E-state index contributed by atoms with van der Waals surface area (Å²) in [7, 11) is 0. The maximum atomic E-state index is 12.7. The van der Waals surface area contributed by atoms with E-state index in [1.165, 1.54) is 12.1 Å². The van der Waals surface area contributed by atoms with E-state index in [9.17, 15) is 17.7 Å². The second-order valence-corrected chi connectivity index (χ2v) is 8.26. The lowest BCUT2D eigenvalue weighted by Crippen LogP contribution is -2.40. The number of rotatable bonds is 4. The Kier molecular flexibility index (Phi) is 5.26. The molecule has 2 heterocycles. The van der Waals surface area contributed by atoms with Gasteiger partial charge in [0.25, 0.3) is 0 Å². The maximum absolute atomic E-state index is 12.7. The van der Waals surface area contributed by atoms with E-state index in [4.69, 9.17) is 4.52 Å². The topological polar surface area (TPSA) is 74.0 Å². The molecule has 0 aliphatic rings. The van der Waals surface area contributed by atoms with E-state index < -0.39 is 34.0 Å². The minimum Gasteiger partial charge on any atom is -0.598 e. The van der Waals surface area contributed by atoms with Crippen LogP contribution >= 0.6 is 0 Å². The molecule has 0 aromatic carbocycles. The summed E-state index contributed by atoms with van der Waals surface area (Å²) < 4.78 is 57.9. The van der Waals surface area contributed by atoms with Crippen LogP contribution in [0.2, 0.25) is 0 Å². The lowest BCUT2D eigenvalue weighted by Gasteiger charge is -2.25. The zero-order chi connectivity index (χ0) is 18.1. The van der Waals surface area contributed by atoms with Gasteiger partial charge in [-0.25, -0.2) is 0 Å². The highest BCUT2D eigenvalue weighted by atomic mass is 32.2. The summed E-state index contributed by atoms with van der Waals surface area (Å²) in [6.45, 7) is 7.21. The molecule has 0 amide bonds. The molecule has 1 N–H and O–H groups in total. The molecule has 0 aliphatic carbocycles. The average molecular weight is 361 g/mol. The molecule has 0 radical (unpaired) electrons. The molecular weight excluding hydrogens is 343 g/mol. The van der Waals surface area contributed by atoms with Gasteiger partial charge in [-0.15, -0.1) is 4.72 Å². The number of halogens is 3. The number of hydrogen-bond acceptors (Lipinski definition) is 5. The first-order chi connectivity index (χ1) is 11.0. The van der Waals surface area contributed by atoms with Gasteiger partial charge in [0.05, 0.1) is 0 Å². The molecule has 2 rings (SSSR count). The van der Waals surface area contributed by atoms with Gasteiger partial charge < -0.3 is 9.08 Å². The van der Waals surface area contributed by atoms with Gasteiger partial charge in [-0.3, -0.25) is 4.98 Å². The number of hydrogen-bond donors (Lipinski definition) is 1. The summed E-state index contributed by atoms with van der Waals surface area (Å²) in [6, 6.07) is 3.44. The van der Waals surface area contributed by atoms with Crippen molar-refractivity contribution in [2.75, 3.05) is 0 Å². The van der Waals surface area contributed by atoms with Gasteiger partial charge in [0.1, 0.15) is 22.2 Å². The van der Waals surface area contributed by atoms with E-state index in [0.29, 0.717) is 5.76 Å².